The van der Waals surface area contributed by atoms with Crippen LogP contribution in [0, 0.1) is 5.82 Å². The van der Waals surface area contributed by atoms with Crippen molar-refractivity contribution >= 4 is 27.4 Å². The van der Waals surface area contributed by atoms with Crippen LogP contribution in [0.4, 0.5) is 4.39 Å². The van der Waals surface area contributed by atoms with Crippen LogP contribution in [0.1, 0.15) is 17.3 Å². The van der Waals surface area contributed by atoms with E-state index in [1.54, 1.807) is 23.6 Å². The topological polar surface area (TPSA) is 30.7 Å². The number of rotatable bonds is 2. The summed E-state index contributed by atoms with van der Waals surface area (Å²) in [6.45, 7) is 2.06. The first-order chi connectivity index (χ1) is 7.61. The number of fused-ring (bicyclic) bond motifs is 1. The molecule has 0 atom stereocenters. The second-order valence-corrected chi connectivity index (χ2v) is 4.10. The summed E-state index contributed by atoms with van der Waals surface area (Å²) >= 11 is 3.24. The number of carbonyl (C=O) groups is 1. The van der Waals surface area contributed by atoms with E-state index in [1.165, 1.54) is 12.3 Å². The molecule has 2 heterocycles. The van der Waals surface area contributed by atoms with E-state index < -0.39 is 5.97 Å². The fraction of sp³-hybridized carbons (Fsp3) is 0.182. The monoisotopic (exact) mass is 285 g/mol. The summed E-state index contributed by atoms with van der Waals surface area (Å²) in [5.41, 5.74) is 1.14. The normalized spacial score (nSPS) is 10.7. The Balaban J connectivity index is 2.51. The Bertz CT molecular complexity index is 550. The van der Waals surface area contributed by atoms with E-state index in [4.69, 9.17) is 4.74 Å². The Kier molecular flexibility index (Phi) is 2.96. The lowest BCUT2D eigenvalue weighted by Gasteiger charge is -1.97. The zero-order chi connectivity index (χ0) is 11.7. The number of nitrogens with zero attached hydrogens (tertiary/aromatic N) is 1. The van der Waals surface area contributed by atoms with Crippen molar-refractivity contribution in [3.63, 3.8) is 0 Å². The standard InChI is InChI=1S/C11H9BrFNO2/c1-2-16-11(15)7-3-10-9(12)4-8(13)6-14(10)5-7/h3-6H,2H2,1H3. The molecule has 84 valence electrons. The van der Waals surface area contributed by atoms with Gasteiger partial charge in [-0.1, -0.05) is 0 Å². The van der Waals surface area contributed by atoms with Gasteiger partial charge < -0.3 is 9.14 Å². The fourth-order valence-corrected chi connectivity index (χ4v) is 2.01. The molecule has 0 aliphatic heterocycles. The highest BCUT2D eigenvalue weighted by Gasteiger charge is 2.11. The molecule has 3 nitrogen and oxygen atoms in total. The van der Waals surface area contributed by atoms with Crippen LogP contribution >= 0.6 is 15.9 Å². The van der Waals surface area contributed by atoms with Crippen molar-refractivity contribution in [2.75, 3.05) is 6.61 Å². The average Bonchev–Trinajstić information content (AvgIpc) is 2.62. The molecule has 5 heteroatoms. The largest absolute Gasteiger partial charge is 0.462 e. The Morgan fingerprint density at radius 2 is 2.25 bits per heavy atom. The van der Waals surface area contributed by atoms with E-state index in [0.29, 0.717) is 16.6 Å². The predicted molar refractivity (Wildman–Crippen MR) is 61.0 cm³/mol. The Hall–Kier alpha value is -1.36. The maximum absolute atomic E-state index is 13.1. The van der Waals surface area contributed by atoms with Crippen molar-refractivity contribution in [1.82, 2.24) is 4.40 Å². The van der Waals surface area contributed by atoms with Gasteiger partial charge in [-0.15, -0.1) is 0 Å². The Morgan fingerprint density at radius 3 is 2.94 bits per heavy atom. The quantitative estimate of drug-likeness (QED) is 0.794. The number of pyridine rings is 1. The zero-order valence-electron chi connectivity index (χ0n) is 8.54. The first-order valence-corrected chi connectivity index (χ1v) is 5.55. The van der Waals surface area contributed by atoms with Crippen LogP contribution in [0.15, 0.2) is 29.0 Å². The number of ether oxygens (including phenoxy) is 1. The lowest BCUT2D eigenvalue weighted by Crippen LogP contribution is -2.02. The van der Waals surface area contributed by atoms with Crippen molar-refractivity contribution in [1.29, 1.82) is 0 Å². The molecular formula is C11H9BrFNO2. The van der Waals surface area contributed by atoms with Gasteiger partial charge in [0.25, 0.3) is 0 Å². The summed E-state index contributed by atoms with van der Waals surface area (Å²) in [6, 6.07) is 3.01. The SMILES string of the molecule is CCOC(=O)c1cc2c(Br)cc(F)cn2c1. The third-order valence-electron chi connectivity index (χ3n) is 2.13. The first-order valence-electron chi connectivity index (χ1n) is 4.75. The number of halogens is 2. The third-order valence-corrected chi connectivity index (χ3v) is 2.77. The molecule has 0 saturated heterocycles. The molecule has 2 rings (SSSR count). The lowest BCUT2D eigenvalue weighted by atomic mass is 10.3. The molecule has 0 saturated carbocycles. The zero-order valence-corrected chi connectivity index (χ0v) is 10.1. The number of aromatic nitrogens is 1. The van der Waals surface area contributed by atoms with E-state index in [2.05, 4.69) is 15.9 Å². The van der Waals surface area contributed by atoms with E-state index in [1.807, 2.05) is 0 Å². The highest BCUT2D eigenvalue weighted by atomic mass is 79.9. The summed E-state index contributed by atoms with van der Waals surface area (Å²) in [4.78, 5) is 11.5. The smallest absolute Gasteiger partial charge is 0.339 e. The summed E-state index contributed by atoms with van der Waals surface area (Å²) in [5.74, 6) is -0.774. The lowest BCUT2D eigenvalue weighted by molar-refractivity contribution is 0.0526. The summed E-state index contributed by atoms with van der Waals surface area (Å²) in [5, 5.41) is 0. The Labute approximate surface area is 100.0 Å². The van der Waals surface area contributed by atoms with Gasteiger partial charge in [-0.2, -0.15) is 0 Å². The van der Waals surface area contributed by atoms with Gasteiger partial charge in [-0.05, 0) is 35.0 Å². The van der Waals surface area contributed by atoms with Crippen LogP contribution in [0.2, 0.25) is 0 Å². The van der Waals surface area contributed by atoms with Gasteiger partial charge in [0.2, 0.25) is 0 Å². The predicted octanol–water partition coefficient (Wildman–Crippen LogP) is 3.02. The van der Waals surface area contributed by atoms with Gasteiger partial charge in [-0.25, -0.2) is 9.18 Å². The van der Waals surface area contributed by atoms with Crippen LogP contribution in [0.5, 0.6) is 0 Å². The van der Waals surface area contributed by atoms with Crippen LogP contribution in [0.25, 0.3) is 5.52 Å². The molecule has 0 bridgehead atoms. The molecule has 0 spiro atoms. The van der Waals surface area contributed by atoms with Crippen molar-refractivity contribution in [3.8, 4) is 0 Å². The molecule has 0 amide bonds. The average molecular weight is 286 g/mol. The molecule has 0 fully saturated rings. The van der Waals surface area contributed by atoms with Crippen molar-refractivity contribution in [3.05, 3.63) is 40.4 Å². The van der Waals surface area contributed by atoms with Crippen LogP contribution in [-0.2, 0) is 4.74 Å². The van der Waals surface area contributed by atoms with Crippen LogP contribution in [0.3, 0.4) is 0 Å². The minimum Gasteiger partial charge on any atom is -0.462 e. The van der Waals surface area contributed by atoms with Gasteiger partial charge in [0, 0.05) is 16.9 Å². The molecule has 2 aromatic rings. The van der Waals surface area contributed by atoms with Crippen LogP contribution in [-0.4, -0.2) is 17.0 Å². The number of esters is 1. The number of carbonyl (C=O) groups excluding carboxylic acids is 1. The summed E-state index contributed by atoms with van der Waals surface area (Å²) < 4.78 is 20.1. The highest BCUT2D eigenvalue weighted by Crippen LogP contribution is 2.22. The highest BCUT2D eigenvalue weighted by molar-refractivity contribution is 9.10. The molecule has 0 aromatic carbocycles. The van der Waals surface area contributed by atoms with Gasteiger partial charge in [-0.3, -0.25) is 0 Å². The van der Waals surface area contributed by atoms with Crippen molar-refractivity contribution < 1.29 is 13.9 Å². The molecule has 0 aliphatic carbocycles. The van der Waals surface area contributed by atoms with Gasteiger partial charge in [0.05, 0.1) is 17.7 Å². The van der Waals surface area contributed by atoms with E-state index in [9.17, 15) is 9.18 Å². The molecule has 0 radical (unpaired) electrons. The van der Waals surface area contributed by atoms with Gasteiger partial charge >= 0.3 is 5.97 Å². The van der Waals surface area contributed by atoms with Crippen LogP contribution < -0.4 is 0 Å². The summed E-state index contributed by atoms with van der Waals surface area (Å²) in [6.07, 6.45) is 2.85. The molecular weight excluding hydrogens is 277 g/mol. The summed E-state index contributed by atoms with van der Waals surface area (Å²) in [7, 11) is 0. The number of hydrogen-bond acceptors (Lipinski definition) is 2. The minimum absolute atomic E-state index is 0.320. The van der Waals surface area contributed by atoms with Gasteiger partial charge in [0.1, 0.15) is 5.82 Å². The fourth-order valence-electron chi connectivity index (χ4n) is 1.47. The third kappa shape index (κ3) is 1.95. The maximum Gasteiger partial charge on any atom is 0.339 e. The first kappa shape index (κ1) is 11.1. The second kappa shape index (κ2) is 4.25. The molecule has 0 aliphatic rings. The molecule has 2 aromatic heterocycles. The van der Waals surface area contributed by atoms with E-state index in [0.717, 1.165) is 5.52 Å². The minimum atomic E-state index is -0.404. The molecule has 0 unspecified atom stereocenters. The number of hydrogen-bond donors (Lipinski definition) is 0. The Morgan fingerprint density at radius 1 is 1.50 bits per heavy atom. The molecule has 16 heavy (non-hydrogen) atoms. The van der Waals surface area contributed by atoms with Crippen molar-refractivity contribution in [2.45, 2.75) is 6.92 Å². The van der Waals surface area contributed by atoms with Gasteiger partial charge in [0.15, 0.2) is 0 Å². The molecule has 0 N–H and O–H groups in total. The van der Waals surface area contributed by atoms with E-state index in [-0.39, 0.29) is 5.82 Å². The van der Waals surface area contributed by atoms with Crippen molar-refractivity contribution in [2.24, 2.45) is 0 Å². The second-order valence-electron chi connectivity index (χ2n) is 3.25. The van der Waals surface area contributed by atoms with E-state index >= 15 is 0 Å². The maximum atomic E-state index is 13.1.